The Kier molecular flexibility index (Phi) is 3.22. The number of thiazole rings is 1. The minimum absolute atomic E-state index is 0.0826. The van der Waals surface area contributed by atoms with Gasteiger partial charge in [-0.1, -0.05) is 45.0 Å². The summed E-state index contributed by atoms with van der Waals surface area (Å²) < 4.78 is 0. The minimum atomic E-state index is -0.400. The molecule has 2 nitrogen and oxygen atoms in total. The first-order valence-electron chi connectivity index (χ1n) is 7.25. The Balaban J connectivity index is 2.08. The predicted molar refractivity (Wildman–Crippen MR) is 85.2 cm³/mol. The fourth-order valence-corrected chi connectivity index (χ4v) is 4.11. The van der Waals surface area contributed by atoms with Crippen molar-refractivity contribution in [2.24, 2.45) is 5.73 Å². The van der Waals surface area contributed by atoms with Crippen molar-refractivity contribution in [1.82, 2.24) is 4.98 Å². The molecular weight excluding hydrogens is 264 g/mol. The van der Waals surface area contributed by atoms with E-state index in [0.29, 0.717) is 0 Å². The first kappa shape index (κ1) is 13.8. The number of rotatable bonds is 1. The molecule has 1 atom stereocenters. The Hall–Kier alpha value is -1.19. The average molecular weight is 286 g/mol. The summed E-state index contributed by atoms with van der Waals surface area (Å²) >= 11 is 1.71. The van der Waals surface area contributed by atoms with E-state index in [4.69, 9.17) is 10.7 Å². The van der Waals surface area contributed by atoms with E-state index in [-0.39, 0.29) is 5.41 Å². The Morgan fingerprint density at radius 2 is 2.00 bits per heavy atom. The molecule has 3 heteroatoms. The highest BCUT2D eigenvalue weighted by Crippen LogP contribution is 2.40. The van der Waals surface area contributed by atoms with E-state index >= 15 is 0 Å². The predicted octanol–water partition coefficient (Wildman–Crippen LogP) is 3.98. The molecule has 1 aromatic carbocycles. The maximum absolute atomic E-state index is 6.80. The van der Waals surface area contributed by atoms with E-state index in [0.717, 1.165) is 30.0 Å². The number of nitrogens with two attached hydrogens (primary N) is 1. The molecule has 0 amide bonds. The largest absolute Gasteiger partial charge is 0.316 e. The second kappa shape index (κ2) is 4.68. The smallest absolute Gasteiger partial charge is 0.117 e. The lowest BCUT2D eigenvalue weighted by atomic mass is 9.77. The van der Waals surface area contributed by atoms with Gasteiger partial charge in [0.05, 0.1) is 11.2 Å². The highest BCUT2D eigenvalue weighted by molar-refractivity contribution is 7.09. The minimum Gasteiger partial charge on any atom is -0.316 e. The van der Waals surface area contributed by atoms with Crippen LogP contribution in [0.2, 0.25) is 0 Å². The van der Waals surface area contributed by atoms with Crippen LogP contribution in [-0.4, -0.2) is 4.98 Å². The van der Waals surface area contributed by atoms with Crippen LogP contribution in [0.4, 0.5) is 0 Å². The Morgan fingerprint density at radius 3 is 2.70 bits per heavy atom. The SMILES string of the molecule is CC(C)(C)c1csc(C2(N)CCCc3ccccc32)n1. The number of nitrogens with zero attached hydrogens (tertiary/aromatic N) is 1. The van der Waals surface area contributed by atoms with Crippen LogP contribution in [0.3, 0.4) is 0 Å². The van der Waals surface area contributed by atoms with Gasteiger partial charge in [-0.25, -0.2) is 4.98 Å². The van der Waals surface area contributed by atoms with E-state index in [1.165, 1.54) is 11.1 Å². The molecule has 0 radical (unpaired) electrons. The lowest BCUT2D eigenvalue weighted by molar-refractivity contribution is 0.437. The van der Waals surface area contributed by atoms with Crippen molar-refractivity contribution in [2.45, 2.75) is 51.0 Å². The highest BCUT2D eigenvalue weighted by atomic mass is 32.1. The summed E-state index contributed by atoms with van der Waals surface area (Å²) in [6.45, 7) is 6.59. The molecule has 0 fully saturated rings. The molecule has 3 rings (SSSR count). The van der Waals surface area contributed by atoms with Gasteiger partial charge in [0.2, 0.25) is 0 Å². The van der Waals surface area contributed by atoms with Gasteiger partial charge in [-0.05, 0) is 30.4 Å². The number of benzene rings is 1. The van der Waals surface area contributed by atoms with Crippen molar-refractivity contribution in [2.75, 3.05) is 0 Å². The van der Waals surface area contributed by atoms with Crippen LogP contribution in [0.5, 0.6) is 0 Å². The summed E-state index contributed by atoms with van der Waals surface area (Å²) in [5.41, 5.74) is 10.3. The molecule has 1 heterocycles. The molecule has 0 bridgehead atoms. The van der Waals surface area contributed by atoms with Gasteiger partial charge in [-0.15, -0.1) is 11.3 Å². The van der Waals surface area contributed by atoms with Gasteiger partial charge in [0.15, 0.2) is 0 Å². The third kappa shape index (κ3) is 2.19. The molecule has 0 saturated carbocycles. The Bertz CT molecular complexity index is 624. The van der Waals surface area contributed by atoms with Crippen LogP contribution in [0.15, 0.2) is 29.6 Å². The molecule has 106 valence electrons. The zero-order valence-electron chi connectivity index (χ0n) is 12.4. The van der Waals surface area contributed by atoms with Crippen molar-refractivity contribution >= 4 is 11.3 Å². The monoisotopic (exact) mass is 286 g/mol. The first-order chi connectivity index (χ1) is 9.41. The van der Waals surface area contributed by atoms with Gasteiger partial charge in [-0.3, -0.25) is 0 Å². The quantitative estimate of drug-likeness (QED) is 0.861. The second-order valence-electron chi connectivity index (χ2n) is 6.77. The van der Waals surface area contributed by atoms with E-state index in [9.17, 15) is 0 Å². The molecule has 1 aliphatic rings. The van der Waals surface area contributed by atoms with Crippen LogP contribution >= 0.6 is 11.3 Å². The summed E-state index contributed by atoms with van der Waals surface area (Å²) in [6.07, 6.45) is 3.26. The van der Waals surface area contributed by atoms with Gasteiger partial charge in [0.1, 0.15) is 5.01 Å². The van der Waals surface area contributed by atoms with Crippen LogP contribution < -0.4 is 5.73 Å². The topological polar surface area (TPSA) is 38.9 Å². The molecule has 1 unspecified atom stereocenters. The summed E-state index contributed by atoms with van der Waals surface area (Å²) in [6, 6.07) is 8.57. The second-order valence-corrected chi connectivity index (χ2v) is 7.63. The maximum atomic E-state index is 6.80. The van der Waals surface area contributed by atoms with Crippen molar-refractivity contribution in [1.29, 1.82) is 0 Å². The van der Waals surface area contributed by atoms with Crippen LogP contribution in [0, 0.1) is 0 Å². The van der Waals surface area contributed by atoms with Crippen molar-refractivity contribution < 1.29 is 0 Å². The molecule has 1 aromatic heterocycles. The number of hydrogen-bond donors (Lipinski definition) is 1. The van der Waals surface area contributed by atoms with Crippen LogP contribution in [0.25, 0.3) is 0 Å². The van der Waals surface area contributed by atoms with Crippen molar-refractivity contribution in [3.63, 3.8) is 0 Å². The molecule has 0 saturated heterocycles. The van der Waals surface area contributed by atoms with Gasteiger partial charge < -0.3 is 5.73 Å². The standard InChI is InChI=1S/C17H22N2S/c1-16(2,3)14-11-20-15(19-14)17(18)10-6-8-12-7-4-5-9-13(12)17/h4-5,7,9,11H,6,8,10,18H2,1-3H3. The average Bonchev–Trinajstić information content (AvgIpc) is 2.89. The maximum Gasteiger partial charge on any atom is 0.117 e. The van der Waals surface area contributed by atoms with Gasteiger partial charge >= 0.3 is 0 Å². The summed E-state index contributed by atoms with van der Waals surface area (Å²) in [7, 11) is 0. The third-order valence-electron chi connectivity index (χ3n) is 4.17. The molecule has 20 heavy (non-hydrogen) atoms. The summed E-state index contributed by atoms with van der Waals surface area (Å²) in [5, 5.41) is 3.23. The Morgan fingerprint density at radius 1 is 1.25 bits per heavy atom. The van der Waals surface area contributed by atoms with Crippen LogP contribution in [-0.2, 0) is 17.4 Å². The van der Waals surface area contributed by atoms with Gasteiger partial charge in [-0.2, -0.15) is 0 Å². The van der Waals surface area contributed by atoms with E-state index in [2.05, 4.69) is 50.4 Å². The summed E-state index contributed by atoms with van der Waals surface area (Å²) in [5.74, 6) is 0. The molecule has 0 spiro atoms. The van der Waals surface area contributed by atoms with Crippen molar-refractivity contribution in [3.8, 4) is 0 Å². The van der Waals surface area contributed by atoms with E-state index in [1.54, 1.807) is 11.3 Å². The van der Waals surface area contributed by atoms with Crippen LogP contribution in [0.1, 0.15) is 55.4 Å². The van der Waals surface area contributed by atoms with E-state index in [1.807, 2.05) is 0 Å². The zero-order chi connectivity index (χ0) is 14.4. The molecule has 0 aliphatic heterocycles. The number of aromatic nitrogens is 1. The molecule has 1 aliphatic carbocycles. The van der Waals surface area contributed by atoms with Gasteiger partial charge in [0, 0.05) is 10.8 Å². The Labute approximate surface area is 125 Å². The highest BCUT2D eigenvalue weighted by Gasteiger charge is 2.37. The lowest BCUT2D eigenvalue weighted by Crippen LogP contribution is -2.41. The number of hydrogen-bond acceptors (Lipinski definition) is 3. The molecule has 2 aromatic rings. The van der Waals surface area contributed by atoms with E-state index < -0.39 is 5.54 Å². The fraction of sp³-hybridized carbons (Fsp3) is 0.471. The molecular formula is C17H22N2S. The fourth-order valence-electron chi connectivity index (χ4n) is 2.91. The third-order valence-corrected chi connectivity index (χ3v) is 5.19. The molecule has 2 N–H and O–H groups in total. The number of fused-ring (bicyclic) bond motifs is 1. The summed E-state index contributed by atoms with van der Waals surface area (Å²) in [4.78, 5) is 4.87. The zero-order valence-corrected chi connectivity index (χ0v) is 13.3. The van der Waals surface area contributed by atoms with Gasteiger partial charge in [0.25, 0.3) is 0 Å². The first-order valence-corrected chi connectivity index (χ1v) is 8.13. The number of aryl methyl sites for hydroxylation is 1. The lowest BCUT2D eigenvalue weighted by Gasteiger charge is -2.34. The normalized spacial score (nSPS) is 22.6. The van der Waals surface area contributed by atoms with Crippen molar-refractivity contribution in [3.05, 3.63) is 51.5 Å².